The van der Waals surface area contributed by atoms with Crippen molar-refractivity contribution in [2.24, 2.45) is 14.1 Å². The van der Waals surface area contributed by atoms with Gasteiger partial charge in [-0.3, -0.25) is 14.5 Å². The van der Waals surface area contributed by atoms with Gasteiger partial charge in [0.1, 0.15) is 22.6 Å². The Bertz CT molecular complexity index is 1370. The van der Waals surface area contributed by atoms with E-state index < -0.39 is 40.9 Å². The largest absolute Gasteiger partial charge is 0.433 e. The summed E-state index contributed by atoms with van der Waals surface area (Å²) in [5.41, 5.74) is -3.41. The molecule has 4 aromatic rings. The van der Waals surface area contributed by atoms with E-state index in [-0.39, 0.29) is 11.3 Å². The summed E-state index contributed by atoms with van der Waals surface area (Å²) in [4.78, 5) is 16.0. The molecule has 0 aliphatic rings. The molecular weight excluding hydrogens is 452 g/mol. The molecule has 0 saturated heterocycles. The number of carbonyl (C=O) groups is 1. The fraction of sp³-hybridized carbons (Fsp3) is 0.190. The van der Waals surface area contributed by atoms with E-state index in [2.05, 4.69) is 15.4 Å². The number of nitrogens with zero attached hydrogens (tertiary/aromatic N) is 4. The molecule has 6 nitrogen and oxygen atoms in total. The van der Waals surface area contributed by atoms with Gasteiger partial charge in [-0.25, -0.2) is 0 Å². The molecule has 0 spiro atoms. The first kappa shape index (κ1) is 22.4. The molecule has 3 heterocycles. The first-order valence-corrected chi connectivity index (χ1v) is 9.41. The van der Waals surface area contributed by atoms with Crippen LogP contribution in [0.1, 0.15) is 21.7 Å². The number of aromatic nitrogens is 4. The molecule has 0 fully saturated rings. The second kappa shape index (κ2) is 7.64. The maximum atomic E-state index is 14.1. The zero-order chi connectivity index (χ0) is 24.1. The summed E-state index contributed by atoms with van der Waals surface area (Å²) in [6.45, 7) is 0. The van der Waals surface area contributed by atoms with Crippen LogP contribution in [0.25, 0.3) is 22.2 Å². The predicted molar refractivity (Wildman–Crippen MR) is 107 cm³/mol. The highest BCUT2D eigenvalue weighted by Gasteiger charge is 2.42. The molecule has 0 aliphatic heterocycles. The number of halogens is 6. The molecule has 3 aromatic heterocycles. The van der Waals surface area contributed by atoms with Crippen LogP contribution in [0.2, 0.25) is 0 Å². The van der Waals surface area contributed by atoms with Gasteiger partial charge >= 0.3 is 12.4 Å². The maximum absolute atomic E-state index is 14.1. The number of pyridine rings is 1. The van der Waals surface area contributed by atoms with E-state index in [1.807, 2.05) is 0 Å². The van der Waals surface area contributed by atoms with Crippen molar-refractivity contribution in [3.63, 3.8) is 0 Å². The number of aryl methyl sites for hydroxylation is 2. The van der Waals surface area contributed by atoms with Gasteiger partial charge in [-0.2, -0.15) is 31.4 Å². The van der Waals surface area contributed by atoms with E-state index in [1.165, 1.54) is 6.07 Å². The summed E-state index contributed by atoms with van der Waals surface area (Å²) in [5.74, 6) is -1.26. The van der Waals surface area contributed by atoms with Gasteiger partial charge < -0.3 is 9.88 Å². The smallest absolute Gasteiger partial charge is 0.351 e. The van der Waals surface area contributed by atoms with Crippen molar-refractivity contribution in [3.05, 3.63) is 65.7 Å². The van der Waals surface area contributed by atoms with Crippen LogP contribution in [-0.4, -0.2) is 25.2 Å². The summed E-state index contributed by atoms with van der Waals surface area (Å²) in [6.07, 6.45) is -7.28. The molecule has 1 aromatic carbocycles. The van der Waals surface area contributed by atoms with Crippen molar-refractivity contribution >= 4 is 22.5 Å². The fourth-order valence-electron chi connectivity index (χ4n) is 3.60. The second-order valence-corrected chi connectivity index (χ2v) is 7.24. The fourth-order valence-corrected chi connectivity index (χ4v) is 3.60. The Kier molecular flexibility index (Phi) is 5.18. The van der Waals surface area contributed by atoms with Gasteiger partial charge in [0.2, 0.25) is 0 Å². The lowest BCUT2D eigenvalue weighted by Crippen LogP contribution is -2.21. The molecule has 0 bridgehead atoms. The Morgan fingerprint density at radius 1 is 1.00 bits per heavy atom. The summed E-state index contributed by atoms with van der Waals surface area (Å²) >= 11 is 0. The molecule has 0 radical (unpaired) electrons. The molecule has 0 aliphatic carbocycles. The van der Waals surface area contributed by atoms with E-state index >= 15 is 0 Å². The molecular formula is C21H15F6N5O. The van der Waals surface area contributed by atoms with Crippen LogP contribution < -0.4 is 5.32 Å². The van der Waals surface area contributed by atoms with Crippen molar-refractivity contribution in [1.29, 1.82) is 0 Å². The van der Waals surface area contributed by atoms with Gasteiger partial charge in [0.15, 0.2) is 0 Å². The standard InChI is InChI=1S/C21H15F6N5O/c1-31-9-7-12-13(4-3-5-14(12)31)17-16(21(25,26)27)18(32(2)30-17)19(33)29-11-6-8-28-15(10-11)20(22,23)24/h3-10H,1-2H3,(H,28,29,33). The van der Waals surface area contributed by atoms with Crippen molar-refractivity contribution in [1.82, 2.24) is 19.3 Å². The molecule has 0 atom stereocenters. The Morgan fingerprint density at radius 3 is 2.39 bits per heavy atom. The lowest BCUT2D eigenvalue weighted by Gasteiger charge is -2.12. The molecule has 172 valence electrons. The first-order valence-electron chi connectivity index (χ1n) is 9.41. The van der Waals surface area contributed by atoms with E-state index in [9.17, 15) is 31.1 Å². The quantitative estimate of drug-likeness (QED) is 0.418. The Morgan fingerprint density at radius 2 is 1.73 bits per heavy atom. The van der Waals surface area contributed by atoms with Crippen molar-refractivity contribution in [2.45, 2.75) is 12.4 Å². The number of nitrogens with one attached hydrogen (secondary N) is 1. The number of carbonyl (C=O) groups excluding carboxylic acids is 1. The third-order valence-electron chi connectivity index (χ3n) is 5.04. The number of rotatable bonds is 3. The van der Waals surface area contributed by atoms with Crippen LogP contribution in [0.5, 0.6) is 0 Å². The highest BCUT2D eigenvalue weighted by molar-refractivity contribution is 6.06. The Balaban J connectivity index is 1.83. The zero-order valence-electron chi connectivity index (χ0n) is 17.1. The first-order chi connectivity index (χ1) is 15.4. The average molecular weight is 467 g/mol. The second-order valence-electron chi connectivity index (χ2n) is 7.24. The van der Waals surface area contributed by atoms with Gasteiger partial charge in [-0.15, -0.1) is 0 Å². The highest BCUT2D eigenvalue weighted by atomic mass is 19.4. The van der Waals surface area contributed by atoms with Crippen LogP contribution in [0, 0.1) is 0 Å². The van der Waals surface area contributed by atoms with E-state index in [4.69, 9.17) is 0 Å². The molecule has 4 rings (SSSR count). The van der Waals surface area contributed by atoms with Crippen molar-refractivity contribution < 1.29 is 31.1 Å². The SMILES string of the molecule is Cn1nc(-c2cccc3c2ccn3C)c(C(F)(F)F)c1C(=O)Nc1ccnc(C(F)(F)F)c1. The lowest BCUT2D eigenvalue weighted by molar-refractivity contribution is -0.141. The van der Waals surface area contributed by atoms with Crippen LogP contribution >= 0.6 is 0 Å². The minimum absolute atomic E-state index is 0.165. The van der Waals surface area contributed by atoms with Gasteiger partial charge in [0.05, 0.1) is 0 Å². The maximum Gasteiger partial charge on any atom is 0.433 e. The van der Waals surface area contributed by atoms with E-state index in [1.54, 1.807) is 36.0 Å². The normalized spacial score (nSPS) is 12.4. The van der Waals surface area contributed by atoms with Crippen LogP contribution in [-0.2, 0) is 26.4 Å². The van der Waals surface area contributed by atoms with Crippen LogP contribution in [0.4, 0.5) is 32.0 Å². The summed E-state index contributed by atoms with van der Waals surface area (Å²) in [5, 5.41) is 6.55. The third kappa shape index (κ3) is 4.03. The Hall–Kier alpha value is -3.83. The molecule has 0 unspecified atom stereocenters. The van der Waals surface area contributed by atoms with Gasteiger partial charge in [-0.1, -0.05) is 12.1 Å². The zero-order valence-corrected chi connectivity index (χ0v) is 17.1. The molecule has 12 heteroatoms. The van der Waals surface area contributed by atoms with Crippen LogP contribution in [0.15, 0.2) is 48.8 Å². The minimum Gasteiger partial charge on any atom is -0.351 e. The number of hydrogen-bond acceptors (Lipinski definition) is 3. The number of anilines is 1. The van der Waals surface area contributed by atoms with E-state index in [0.29, 0.717) is 17.0 Å². The number of benzene rings is 1. The molecule has 1 N–H and O–H groups in total. The minimum atomic E-state index is -4.97. The van der Waals surface area contributed by atoms with Crippen molar-refractivity contribution in [2.75, 3.05) is 5.32 Å². The highest BCUT2D eigenvalue weighted by Crippen LogP contribution is 2.41. The van der Waals surface area contributed by atoms with Crippen LogP contribution in [0.3, 0.4) is 0 Å². The Labute approximate surface area is 182 Å². The number of amides is 1. The number of fused-ring (bicyclic) bond motifs is 1. The average Bonchev–Trinajstić information content (AvgIpc) is 3.27. The van der Waals surface area contributed by atoms with Gasteiger partial charge in [0.25, 0.3) is 5.91 Å². The summed E-state index contributed by atoms with van der Waals surface area (Å²) in [6, 6.07) is 7.97. The van der Waals surface area contributed by atoms with Crippen molar-refractivity contribution in [3.8, 4) is 11.3 Å². The van der Waals surface area contributed by atoms with E-state index in [0.717, 1.165) is 24.0 Å². The molecule has 0 saturated carbocycles. The monoisotopic (exact) mass is 467 g/mol. The summed E-state index contributed by atoms with van der Waals surface area (Å²) in [7, 11) is 2.89. The number of hydrogen-bond donors (Lipinski definition) is 1. The topological polar surface area (TPSA) is 64.7 Å². The van der Waals surface area contributed by atoms with Gasteiger partial charge in [0, 0.05) is 48.6 Å². The summed E-state index contributed by atoms with van der Waals surface area (Å²) < 4.78 is 83.6. The molecule has 33 heavy (non-hydrogen) atoms. The third-order valence-corrected chi connectivity index (χ3v) is 5.04. The lowest BCUT2D eigenvalue weighted by atomic mass is 10.0. The predicted octanol–water partition coefficient (Wildman–Crippen LogP) is 5.26. The molecule has 1 amide bonds. The van der Waals surface area contributed by atoms with Gasteiger partial charge in [-0.05, 0) is 24.3 Å². The number of alkyl halides is 6.